The second kappa shape index (κ2) is 11.2. The molecule has 0 saturated carbocycles. The quantitative estimate of drug-likeness (QED) is 0.369. The van der Waals surface area contributed by atoms with Crippen LogP contribution in [0.2, 0.25) is 0 Å². The van der Waals surface area contributed by atoms with Crippen molar-refractivity contribution in [2.75, 3.05) is 18.5 Å². The van der Waals surface area contributed by atoms with E-state index in [-0.39, 0.29) is 24.1 Å². The lowest BCUT2D eigenvalue weighted by Gasteiger charge is -2.43. The summed E-state index contributed by atoms with van der Waals surface area (Å²) in [6.07, 6.45) is 4.16. The van der Waals surface area contributed by atoms with Gasteiger partial charge < -0.3 is 15.0 Å². The van der Waals surface area contributed by atoms with E-state index in [1.807, 2.05) is 43.3 Å². The fourth-order valence-corrected chi connectivity index (χ4v) is 7.20. The lowest BCUT2D eigenvalue weighted by Crippen LogP contribution is -2.39. The van der Waals surface area contributed by atoms with Gasteiger partial charge in [-0.1, -0.05) is 33.6 Å². The largest absolute Gasteiger partial charge is 0.482 e. The number of nitrogens with zero attached hydrogens (tertiary/aromatic N) is 1. The number of hydrogen-bond donors (Lipinski definition) is 1. The Hall–Kier alpha value is -2.71. The molecule has 1 N–H and O–H groups in total. The number of anilines is 1. The van der Waals surface area contributed by atoms with Crippen LogP contribution in [0.25, 0.3) is 0 Å². The standard InChI is InChI=1S/C30H30Br2N2O4/c1-3-34-22-6-4-8-24(35)28(22)27(29-23(34)7-5-9-25(29)36)20-14-18(31)15-21(32)30(20)38-16-26(37)33-19-12-10-17(2)11-13-19/h10-15,27H,3-9,16H2,1-2H3,(H,33,37). The molecule has 1 aliphatic heterocycles. The Labute approximate surface area is 239 Å². The Morgan fingerprint density at radius 1 is 0.974 bits per heavy atom. The van der Waals surface area contributed by atoms with E-state index in [1.165, 1.54) is 0 Å². The molecule has 0 radical (unpaired) electrons. The summed E-state index contributed by atoms with van der Waals surface area (Å²) in [5, 5.41) is 2.87. The van der Waals surface area contributed by atoms with Crippen molar-refractivity contribution in [1.29, 1.82) is 0 Å². The van der Waals surface area contributed by atoms with Crippen molar-refractivity contribution in [3.63, 3.8) is 0 Å². The van der Waals surface area contributed by atoms with E-state index in [2.05, 4.69) is 49.0 Å². The molecule has 0 aromatic heterocycles. The van der Waals surface area contributed by atoms with Gasteiger partial charge in [-0.3, -0.25) is 14.4 Å². The molecule has 0 spiro atoms. The normalized spacial score (nSPS) is 17.9. The highest BCUT2D eigenvalue weighted by Gasteiger charge is 2.44. The molecule has 0 saturated heterocycles. The third kappa shape index (κ3) is 5.13. The minimum absolute atomic E-state index is 0.0822. The molecule has 0 fully saturated rings. The van der Waals surface area contributed by atoms with Crippen LogP contribution in [0.15, 0.2) is 67.9 Å². The predicted molar refractivity (Wildman–Crippen MR) is 154 cm³/mol. The highest BCUT2D eigenvalue weighted by Crippen LogP contribution is 2.52. The summed E-state index contributed by atoms with van der Waals surface area (Å²) in [6, 6.07) is 11.3. The summed E-state index contributed by atoms with van der Waals surface area (Å²) < 4.78 is 7.60. The van der Waals surface area contributed by atoms with Crippen molar-refractivity contribution >= 4 is 55.0 Å². The average Bonchev–Trinajstić information content (AvgIpc) is 2.88. The molecule has 198 valence electrons. The van der Waals surface area contributed by atoms with Gasteiger partial charge in [0.2, 0.25) is 0 Å². The lowest BCUT2D eigenvalue weighted by atomic mass is 9.70. The second-order valence-corrected chi connectivity index (χ2v) is 11.7. The van der Waals surface area contributed by atoms with E-state index in [0.717, 1.165) is 59.2 Å². The Morgan fingerprint density at radius 3 is 2.16 bits per heavy atom. The van der Waals surface area contributed by atoms with Gasteiger partial charge in [-0.15, -0.1) is 0 Å². The molecule has 38 heavy (non-hydrogen) atoms. The van der Waals surface area contributed by atoms with E-state index < -0.39 is 5.92 Å². The van der Waals surface area contributed by atoms with Gasteiger partial charge in [0.15, 0.2) is 18.2 Å². The molecule has 0 atom stereocenters. The first kappa shape index (κ1) is 26.9. The van der Waals surface area contributed by atoms with Crippen molar-refractivity contribution in [3.8, 4) is 5.75 Å². The fourth-order valence-electron chi connectivity index (χ4n) is 5.83. The number of ketones is 2. The monoisotopic (exact) mass is 640 g/mol. The number of carbonyl (C=O) groups is 3. The molecule has 2 aliphatic carbocycles. The van der Waals surface area contributed by atoms with Gasteiger partial charge in [0.05, 0.1) is 4.47 Å². The molecule has 2 aromatic carbocycles. The first-order valence-corrected chi connectivity index (χ1v) is 14.6. The van der Waals surface area contributed by atoms with Crippen LogP contribution in [0, 0.1) is 6.92 Å². The molecule has 2 aromatic rings. The number of amides is 1. The van der Waals surface area contributed by atoms with Gasteiger partial charge in [-0.05, 0) is 79.7 Å². The predicted octanol–water partition coefficient (Wildman–Crippen LogP) is 6.97. The van der Waals surface area contributed by atoms with Gasteiger partial charge >= 0.3 is 0 Å². The highest BCUT2D eigenvalue weighted by molar-refractivity contribution is 9.11. The van der Waals surface area contributed by atoms with Crippen molar-refractivity contribution in [1.82, 2.24) is 4.90 Å². The summed E-state index contributed by atoms with van der Waals surface area (Å²) in [4.78, 5) is 42.0. The highest BCUT2D eigenvalue weighted by atomic mass is 79.9. The molecule has 6 nitrogen and oxygen atoms in total. The summed E-state index contributed by atoms with van der Waals surface area (Å²) in [7, 11) is 0. The van der Waals surface area contributed by atoms with Crippen LogP contribution in [0.4, 0.5) is 5.69 Å². The number of carbonyl (C=O) groups excluding carboxylic acids is 3. The third-order valence-corrected chi connectivity index (χ3v) is 8.48. The summed E-state index contributed by atoms with van der Waals surface area (Å²) in [5.41, 5.74) is 5.97. The number of benzene rings is 2. The van der Waals surface area contributed by atoms with E-state index in [9.17, 15) is 14.4 Å². The Bertz CT molecular complexity index is 1330. The summed E-state index contributed by atoms with van der Waals surface area (Å²) >= 11 is 7.22. The maximum atomic E-state index is 13.5. The van der Waals surface area contributed by atoms with Gasteiger partial charge in [0, 0.05) is 63.6 Å². The number of hydrogen-bond acceptors (Lipinski definition) is 5. The van der Waals surface area contributed by atoms with Crippen LogP contribution in [0.5, 0.6) is 5.75 Å². The minimum Gasteiger partial charge on any atom is -0.482 e. The lowest BCUT2D eigenvalue weighted by molar-refractivity contribution is -0.119. The number of halogens is 2. The van der Waals surface area contributed by atoms with Crippen LogP contribution < -0.4 is 10.1 Å². The zero-order valence-corrected chi connectivity index (χ0v) is 24.7. The number of rotatable bonds is 6. The van der Waals surface area contributed by atoms with Crippen LogP contribution in [0.1, 0.15) is 62.5 Å². The maximum Gasteiger partial charge on any atom is 0.262 e. The molecule has 1 heterocycles. The molecule has 5 rings (SSSR count). The van der Waals surface area contributed by atoms with Crippen LogP contribution >= 0.6 is 31.9 Å². The van der Waals surface area contributed by atoms with Gasteiger partial charge in [0.1, 0.15) is 5.75 Å². The molecule has 0 unspecified atom stereocenters. The second-order valence-electron chi connectivity index (χ2n) is 9.96. The number of ether oxygens (including phenoxy) is 1. The van der Waals surface area contributed by atoms with Crippen molar-refractivity contribution in [2.45, 2.75) is 58.3 Å². The van der Waals surface area contributed by atoms with E-state index in [4.69, 9.17) is 4.74 Å². The van der Waals surface area contributed by atoms with E-state index in [1.54, 1.807) is 0 Å². The molecular formula is C30H30Br2N2O4. The number of nitrogens with one attached hydrogen (secondary N) is 1. The molecule has 1 amide bonds. The number of aryl methyl sites for hydroxylation is 1. The van der Waals surface area contributed by atoms with Crippen LogP contribution in [-0.4, -0.2) is 35.5 Å². The number of allylic oxidation sites excluding steroid dienone is 4. The van der Waals surface area contributed by atoms with Crippen molar-refractivity contribution in [3.05, 3.63) is 79.0 Å². The van der Waals surface area contributed by atoms with E-state index >= 15 is 0 Å². The molecule has 0 bridgehead atoms. The van der Waals surface area contributed by atoms with Gasteiger partial charge in [0.25, 0.3) is 5.91 Å². The summed E-state index contributed by atoms with van der Waals surface area (Å²) in [5.74, 6) is -0.180. The van der Waals surface area contributed by atoms with Gasteiger partial charge in [-0.2, -0.15) is 0 Å². The molecule has 3 aliphatic rings. The first-order chi connectivity index (χ1) is 18.3. The van der Waals surface area contributed by atoms with Crippen molar-refractivity contribution in [2.24, 2.45) is 0 Å². The zero-order valence-electron chi connectivity index (χ0n) is 21.5. The zero-order chi connectivity index (χ0) is 27.0. The average molecular weight is 642 g/mol. The fraction of sp³-hybridized carbons (Fsp3) is 0.367. The number of Topliss-reactive ketones (excluding diaryl/α,β-unsaturated/α-hetero) is 2. The first-order valence-electron chi connectivity index (χ1n) is 13.1. The molecular weight excluding hydrogens is 612 g/mol. The van der Waals surface area contributed by atoms with Crippen LogP contribution in [-0.2, 0) is 14.4 Å². The third-order valence-electron chi connectivity index (χ3n) is 7.43. The summed E-state index contributed by atoms with van der Waals surface area (Å²) in [6.45, 7) is 4.57. The SMILES string of the molecule is CCN1C2=C(C(=O)CCC2)C(c2cc(Br)cc(Br)c2OCC(=O)Nc2ccc(C)cc2)C2=C1CCCC2=O. The smallest absolute Gasteiger partial charge is 0.262 e. The Morgan fingerprint density at radius 2 is 1.58 bits per heavy atom. The maximum absolute atomic E-state index is 13.5. The Balaban J connectivity index is 1.56. The van der Waals surface area contributed by atoms with E-state index in [0.29, 0.717) is 39.9 Å². The van der Waals surface area contributed by atoms with Gasteiger partial charge in [-0.25, -0.2) is 0 Å². The molecule has 8 heteroatoms. The van der Waals surface area contributed by atoms with Crippen LogP contribution in [0.3, 0.4) is 0 Å². The Kier molecular flexibility index (Phi) is 7.91. The minimum atomic E-state index is -0.521. The van der Waals surface area contributed by atoms with Crippen molar-refractivity contribution < 1.29 is 19.1 Å². The topological polar surface area (TPSA) is 75.7 Å².